The number of likely N-dealkylation sites (N-methyl/N-ethyl adjacent to an activating group) is 1. The molecule has 1 amide bonds. The van der Waals surface area contributed by atoms with Crippen molar-refractivity contribution in [2.45, 2.75) is 20.3 Å². The van der Waals surface area contributed by atoms with Crippen molar-refractivity contribution in [2.75, 3.05) is 13.6 Å². The molecule has 0 aliphatic carbocycles. The number of hydrogen-bond acceptors (Lipinski definition) is 2. The normalized spacial score (nSPS) is 10.3. The maximum Gasteiger partial charge on any atom is 0.253 e. The molecular weight excluding hydrogens is 248 g/mol. The van der Waals surface area contributed by atoms with Crippen LogP contribution in [0.1, 0.15) is 27.0 Å². The second-order valence-electron chi connectivity index (χ2n) is 5.15. The number of hydrogen-bond donors (Lipinski definition) is 0. The quantitative estimate of drug-likeness (QED) is 0.854. The smallest absolute Gasteiger partial charge is 0.253 e. The summed E-state index contributed by atoms with van der Waals surface area (Å²) < 4.78 is 0. The first-order valence-corrected chi connectivity index (χ1v) is 6.79. The first-order valence-electron chi connectivity index (χ1n) is 6.79. The second kappa shape index (κ2) is 6.33. The lowest BCUT2D eigenvalue weighted by Gasteiger charge is -2.18. The van der Waals surface area contributed by atoms with Crippen LogP contribution >= 0.6 is 0 Å². The van der Waals surface area contributed by atoms with Crippen molar-refractivity contribution in [2.24, 2.45) is 0 Å². The minimum atomic E-state index is 0.0801. The molecule has 0 aliphatic heterocycles. The fourth-order valence-electron chi connectivity index (χ4n) is 2.21. The van der Waals surface area contributed by atoms with Crippen molar-refractivity contribution in [3.8, 4) is 0 Å². The number of benzene rings is 1. The van der Waals surface area contributed by atoms with E-state index in [-0.39, 0.29) is 5.91 Å². The predicted octanol–water partition coefficient (Wildman–Crippen LogP) is 3.01. The molecule has 104 valence electrons. The molecule has 1 heterocycles. The van der Waals surface area contributed by atoms with Crippen LogP contribution < -0.4 is 0 Å². The number of amides is 1. The summed E-state index contributed by atoms with van der Waals surface area (Å²) in [6, 6.07) is 9.90. The standard InChI is InChI=1S/C17H20N2O/c1-13-4-5-16(14(2)12-13)17(20)19(3)11-8-15-6-9-18-10-7-15/h4-7,9-10,12H,8,11H2,1-3H3. The number of aryl methyl sites for hydroxylation is 2. The Bertz CT molecular complexity index is 593. The summed E-state index contributed by atoms with van der Waals surface area (Å²) in [6.45, 7) is 4.72. The van der Waals surface area contributed by atoms with Crippen LogP contribution in [-0.2, 0) is 6.42 Å². The molecule has 2 aromatic rings. The predicted molar refractivity (Wildman–Crippen MR) is 80.8 cm³/mol. The Morgan fingerprint density at radius 2 is 1.85 bits per heavy atom. The van der Waals surface area contributed by atoms with Crippen LogP contribution in [0.2, 0.25) is 0 Å². The zero-order valence-corrected chi connectivity index (χ0v) is 12.3. The van der Waals surface area contributed by atoms with Gasteiger partial charge in [-0.15, -0.1) is 0 Å². The molecule has 0 unspecified atom stereocenters. The summed E-state index contributed by atoms with van der Waals surface area (Å²) in [7, 11) is 1.85. The maximum atomic E-state index is 12.4. The van der Waals surface area contributed by atoms with Crippen LogP contribution in [0.5, 0.6) is 0 Å². The van der Waals surface area contributed by atoms with Crippen molar-refractivity contribution in [1.29, 1.82) is 0 Å². The van der Waals surface area contributed by atoms with Gasteiger partial charge in [-0.05, 0) is 49.6 Å². The number of carbonyl (C=O) groups is 1. The van der Waals surface area contributed by atoms with Gasteiger partial charge in [0.25, 0.3) is 5.91 Å². The van der Waals surface area contributed by atoms with Gasteiger partial charge in [-0.25, -0.2) is 0 Å². The Hall–Kier alpha value is -2.16. The van der Waals surface area contributed by atoms with Gasteiger partial charge in [0.05, 0.1) is 0 Å². The molecule has 0 N–H and O–H groups in total. The lowest BCUT2D eigenvalue weighted by molar-refractivity contribution is 0.0796. The summed E-state index contributed by atoms with van der Waals surface area (Å²) in [4.78, 5) is 18.2. The van der Waals surface area contributed by atoms with Gasteiger partial charge < -0.3 is 4.90 Å². The van der Waals surface area contributed by atoms with E-state index in [0.717, 1.165) is 17.5 Å². The van der Waals surface area contributed by atoms with E-state index in [9.17, 15) is 4.79 Å². The van der Waals surface area contributed by atoms with Crippen molar-refractivity contribution < 1.29 is 4.79 Å². The van der Waals surface area contributed by atoms with Crippen molar-refractivity contribution in [3.63, 3.8) is 0 Å². The van der Waals surface area contributed by atoms with Gasteiger partial charge in [-0.2, -0.15) is 0 Å². The summed E-state index contributed by atoms with van der Waals surface area (Å²) in [5.74, 6) is 0.0801. The van der Waals surface area contributed by atoms with E-state index in [2.05, 4.69) is 4.98 Å². The minimum absolute atomic E-state index is 0.0801. The highest BCUT2D eigenvalue weighted by Crippen LogP contribution is 2.13. The Labute approximate surface area is 120 Å². The average molecular weight is 268 g/mol. The lowest BCUT2D eigenvalue weighted by atomic mass is 10.0. The fraction of sp³-hybridized carbons (Fsp3) is 0.294. The van der Waals surface area contributed by atoms with E-state index >= 15 is 0 Å². The zero-order valence-electron chi connectivity index (χ0n) is 12.3. The first-order chi connectivity index (χ1) is 9.58. The van der Waals surface area contributed by atoms with Gasteiger partial charge in [0.15, 0.2) is 0 Å². The van der Waals surface area contributed by atoms with Crippen LogP contribution in [0, 0.1) is 13.8 Å². The van der Waals surface area contributed by atoms with Gasteiger partial charge in [0.2, 0.25) is 0 Å². The molecule has 3 heteroatoms. The van der Waals surface area contributed by atoms with Crippen LogP contribution in [0.4, 0.5) is 0 Å². The van der Waals surface area contributed by atoms with Crippen LogP contribution in [-0.4, -0.2) is 29.4 Å². The molecule has 0 aliphatic rings. The Kier molecular flexibility index (Phi) is 4.51. The van der Waals surface area contributed by atoms with Crippen LogP contribution in [0.25, 0.3) is 0 Å². The lowest BCUT2D eigenvalue weighted by Crippen LogP contribution is -2.29. The molecule has 0 bridgehead atoms. The van der Waals surface area contributed by atoms with Gasteiger partial charge in [0, 0.05) is 31.5 Å². The van der Waals surface area contributed by atoms with Gasteiger partial charge >= 0.3 is 0 Å². The zero-order chi connectivity index (χ0) is 14.5. The molecule has 3 nitrogen and oxygen atoms in total. The molecule has 0 spiro atoms. The summed E-state index contributed by atoms with van der Waals surface area (Å²) in [5, 5.41) is 0. The third kappa shape index (κ3) is 3.44. The fourth-order valence-corrected chi connectivity index (χ4v) is 2.21. The van der Waals surface area contributed by atoms with Gasteiger partial charge in [0.1, 0.15) is 0 Å². The van der Waals surface area contributed by atoms with E-state index in [0.29, 0.717) is 6.54 Å². The van der Waals surface area contributed by atoms with Crippen LogP contribution in [0.3, 0.4) is 0 Å². The molecule has 1 aromatic heterocycles. The SMILES string of the molecule is Cc1ccc(C(=O)N(C)CCc2ccncc2)c(C)c1. The van der Waals surface area contributed by atoms with Crippen molar-refractivity contribution in [1.82, 2.24) is 9.88 Å². The molecule has 0 atom stereocenters. The van der Waals surface area contributed by atoms with Crippen molar-refractivity contribution in [3.05, 3.63) is 65.0 Å². The van der Waals surface area contributed by atoms with Gasteiger partial charge in [-0.3, -0.25) is 9.78 Å². The summed E-state index contributed by atoms with van der Waals surface area (Å²) in [6.07, 6.45) is 4.40. The molecule has 0 saturated heterocycles. The number of nitrogens with zero attached hydrogens (tertiary/aromatic N) is 2. The van der Waals surface area contributed by atoms with E-state index in [1.165, 1.54) is 11.1 Å². The minimum Gasteiger partial charge on any atom is -0.341 e. The summed E-state index contributed by atoms with van der Waals surface area (Å²) in [5.41, 5.74) is 4.19. The third-order valence-electron chi connectivity index (χ3n) is 3.44. The average Bonchev–Trinajstić information content (AvgIpc) is 2.45. The number of rotatable bonds is 4. The Balaban J connectivity index is 2.01. The highest BCUT2D eigenvalue weighted by Gasteiger charge is 2.13. The highest BCUT2D eigenvalue weighted by atomic mass is 16.2. The molecule has 0 fully saturated rings. The van der Waals surface area contributed by atoms with E-state index in [1.807, 2.05) is 51.2 Å². The number of pyridine rings is 1. The van der Waals surface area contributed by atoms with E-state index < -0.39 is 0 Å². The molecule has 0 saturated carbocycles. The molecule has 20 heavy (non-hydrogen) atoms. The third-order valence-corrected chi connectivity index (χ3v) is 3.44. The van der Waals surface area contributed by atoms with Crippen molar-refractivity contribution >= 4 is 5.91 Å². The maximum absolute atomic E-state index is 12.4. The van der Waals surface area contributed by atoms with E-state index in [4.69, 9.17) is 0 Å². The second-order valence-corrected chi connectivity index (χ2v) is 5.15. The Morgan fingerprint density at radius 3 is 2.50 bits per heavy atom. The molecular formula is C17H20N2O. The van der Waals surface area contributed by atoms with Crippen LogP contribution in [0.15, 0.2) is 42.7 Å². The highest BCUT2D eigenvalue weighted by molar-refractivity contribution is 5.95. The molecule has 0 radical (unpaired) electrons. The number of carbonyl (C=O) groups excluding carboxylic acids is 1. The largest absolute Gasteiger partial charge is 0.341 e. The first kappa shape index (κ1) is 14.3. The molecule has 1 aromatic carbocycles. The van der Waals surface area contributed by atoms with E-state index in [1.54, 1.807) is 17.3 Å². The topological polar surface area (TPSA) is 33.2 Å². The summed E-state index contributed by atoms with van der Waals surface area (Å²) >= 11 is 0. The Morgan fingerprint density at radius 1 is 1.15 bits per heavy atom. The number of aromatic nitrogens is 1. The van der Waals surface area contributed by atoms with Gasteiger partial charge in [-0.1, -0.05) is 17.7 Å². The monoisotopic (exact) mass is 268 g/mol. The molecule has 2 rings (SSSR count).